The number of nitrogens with zero attached hydrogens (tertiary/aromatic N) is 3. The molecule has 1 saturated heterocycles. The molecule has 1 aliphatic heterocycles. The largest absolute Gasteiger partial charge is 0.352 e. The summed E-state index contributed by atoms with van der Waals surface area (Å²) in [6.07, 6.45) is 3.83. The third kappa shape index (κ3) is 5.42. The summed E-state index contributed by atoms with van der Waals surface area (Å²) in [5.74, 6) is 1.01. The van der Waals surface area contributed by atoms with E-state index in [1.165, 1.54) is 0 Å². The van der Waals surface area contributed by atoms with Gasteiger partial charge in [0.1, 0.15) is 0 Å². The van der Waals surface area contributed by atoms with Crippen molar-refractivity contribution in [3.63, 3.8) is 0 Å². The Bertz CT molecular complexity index is 681. The van der Waals surface area contributed by atoms with Gasteiger partial charge in [0.2, 0.25) is 5.91 Å². The molecule has 0 bridgehead atoms. The summed E-state index contributed by atoms with van der Waals surface area (Å²) in [6.45, 7) is 6.28. The van der Waals surface area contributed by atoms with Crippen molar-refractivity contribution in [2.75, 3.05) is 13.1 Å². The Morgan fingerprint density at radius 2 is 2.16 bits per heavy atom. The van der Waals surface area contributed by atoms with Gasteiger partial charge in [-0.1, -0.05) is 6.07 Å². The Morgan fingerprint density at radius 1 is 1.36 bits per heavy atom. The molecule has 6 nitrogen and oxygen atoms in total. The van der Waals surface area contributed by atoms with Crippen LogP contribution in [0.2, 0.25) is 0 Å². The van der Waals surface area contributed by atoms with E-state index in [0.717, 1.165) is 48.7 Å². The van der Waals surface area contributed by atoms with Gasteiger partial charge in [0.25, 0.3) is 0 Å². The zero-order chi connectivity index (χ0) is 16.2. The summed E-state index contributed by atoms with van der Waals surface area (Å²) in [7, 11) is 0. The Labute approximate surface area is 160 Å². The molecule has 0 aromatic carbocycles. The van der Waals surface area contributed by atoms with Crippen LogP contribution in [0, 0.1) is 19.8 Å². The lowest BCUT2D eigenvalue weighted by atomic mass is 9.99. The number of hydrogen-bond acceptors (Lipinski definition) is 4. The van der Waals surface area contributed by atoms with Crippen LogP contribution in [0.3, 0.4) is 0 Å². The minimum atomic E-state index is 0. The molecule has 138 valence electrons. The molecule has 0 saturated carbocycles. The zero-order valence-electron chi connectivity index (χ0n) is 14.5. The van der Waals surface area contributed by atoms with Gasteiger partial charge in [-0.15, -0.1) is 24.8 Å². The van der Waals surface area contributed by atoms with Crippen molar-refractivity contribution in [1.29, 1.82) is 0 Å². The number of rotatable bonds is 4. The first kappa shape index (κ1) is 21.4. The molecule has 1 aliphatic rings. The normalized spacial score (nSPS) is 16.5. The Balaban J connectivity index is 0.00000156. The van der Waals surface area contributed by atoms with Gasteiger partial charge in [-0.3, -0.25) is 4.79 Å². The number of hydrogen-bond donors (Lipinski definition) is 2. The highest BCUT2D eigenvalue weighted by Crippen LogP contribution is 2.12. The minimum Gasteiger partial charge on any atom is -0.352 e. The van der Waals surface area contributed by atoms with E-state index < -0.39 is 0 Å². The quantitative estimate of drug-likeness (QED) is 0.846. The molecule has 2 aromatic heterocycles. The molecule has 1 amide bonds. The Morgan fingerprint density at radius 3 is 2.72 bits per heavy atom. The van der Waals surface area contributed by atoms with Crippen molar-refractivity contribution < 1.29 is 4.79 Å². The maximum Gasteiger partial charge on any atom is 0.224 e. The van der Waals surface area contributed by atoms with Crippen molar-refractivity contribution in [3.8, 4) is 5.82 Å². The number of piperidine rings is 1. The average molecular weight is 386 g/mol. The monoisotopic (exact) mass is 385 g/mol. The lowest BCUT2D eigenvalue weighted by Crippen LogP contribution is -2.40. The zero-order valence-corrected chi connectivity index (χ0v) is 16.1. The number of carbonyl (C=O) groups excluding carboxylic acids is 1. The van der Waals surface area contributed by atoms with Crippen molar-refractivity contribution >= 4 is 30.7 Å². The van der Waals surface area contributed by atoms with Crippen LogP contribution < -0.4 is 10.6 Å². The molecule has 0 spiro atoms. The van der Waals surface area contributed by atoms with Crippen LogP contribution >= 0.6 is 24.8 Å². The van der Waals surface area contributed by atoms with E-state index >= 15 is 0 Å². The fraction of sp³-hybridized carbons (Fsp3) is 0.471. The van der Waals surface area contributed by atoms with Crippen molar-refractivity contribution in [2.24, 2.45) is 5.92 Å². The van der Waals surface area contributed by atoms with Crippen LogP contribution in [0.5, 0.6) is 0 Å². The first-order chi connectivity index (χ1) is 11.1. The van der Waals surface area contributed by atoms with Crippen LogP contribution in [-0.2, 0) is 11.3 Å². The molecule has 0 radical (unpaired) electrons. The van der Waals surface area contributed by atoms with Crippen LogP contribution in [0.4, 0.5) is 0 Å². The Hall–Kier alpha value is -1.63. The maximum atomic E-state index is 12.1. The molecule has 1 fully saturated rings. The topological polar surface area (TPSA) is 71.8 Å². The van der Waals surface area contributed by atoms with Gasteiger partial charge in [-0.05, 0) is 50.9 Å². The summed E-state index contributed by atoms with van der Waals surface area (Å²) >= 11 is 0. The first-order valence-electron chi connectivity index (χ1n) is 8.10. The highest BCUT2D eigenvalue weighted by atomic mass is 35.5. The minimum absolute atomic E-state index is 0. The van der Waals surface area contributed by atoms with E-state index in [0.29, 0.717) is 6.54 Å². The number of amides is 1. The van der Waals surface area contributed by atoms with Gasteiger partial charge in [0.15, 0.2) is 5.82 Å². The lowest BCUT2D eigenvalue weighted by Gasteiger charge is -2.21. The fourth-order valence-corrected chi connectivity index (χ4v) is 2.92. The number of aromatic nitrogens is 3. The van der Waals surface area contributed by atoms with Crippen LogP contribution in [0.15, 0.2) is 24.4 Å². The number of carbonyl (C=O) groups is 1. The molecule has 25 heavy (non-hydrogen) atoms. The third-order valence-corrected chi connectivity index (χ3v) is 4.17. The summed E-state index contributed by atoms with van der Waals surface area (Å²) in [5.41, 5.74) is 3.02. The van der Waals surface area contributed by atoms with Gasteiger partial charge >= 0.3 is 0 Å². The highest BCUT2D eigenvalue weighted by molar-refractivity contribution is 5.85. The molecule has 3 rings (SSSR count). The molecule has 0 aliphatic carbocycles. The first-order valence-corrected chi connectivity index (χ1v) is 8.10. The van der Waals surface area contributed by atoms with Crippen LogP contribution in [-0.4, -0.2) is 33.8 Å². The average Bonchev–Trinajstić information content (AvgIpc) is 2.92. The van der Waals surface area contributed by atoms with Crippen LogP contribution in [0.1, 0.15) is 29.8 Å². The number of aryl methyl sites for hydroxylation is 2. The van der Waals surface area contributed by atoms with Gasteiger partial charge in [-0.25, -0.2) is 9.67 Å². The fourth-order valence-electron chi connectivity index (χ4n) is 2.92. The van der Waals surface area contributed by atoms with Gasteiger partial charge < -0.3 is 10.6 Å². The molecule has 2 aromatic rings. The highest BCUT2D eigenvalue weighted by Gasteiger charge is 2.20. The van der Waals surface area contributed by atoms with Gasteiger partial charge in [0, 0.05) is 25.0 Å². The molecular formula is C17H25Cl2N5O. The predicted molar refractivity (Wildman–Crippen MR) is 103 cm³/mol. The summed E-state index contributed by atoms with van der Waals surface area (Å²) in [6, 6.07) is 5.94. The summed E-state index contributed by atoms with van der Waals surface area (Å²) < 4.78 is 1.82. The van der Waals surface area contributed by atoms with E-state index in [4.69, 9.17) is 0 Å². The number of halogens is 2. The number of pyridine rings is 1. The van der Waals surface area contributed by atoms with Crippen molar-refractivity contribution in [3.05, 3.63) is 41.3 Å². The number of nitrogens with one attached hydrogen (secondary N) is 2. The van der Waals surface area contributed by atoms with E-state index in [1.807, 2.05) is 36.7 Å². The third-order valence-electron chi connectivity index (χ3n) is 4.17. The Kier molecular flexibility index (Phi) is 8.35. The molecular weight excluding hydrogens is 361 g/mol. The standard InChI is InChI=1S/C17H23N5O.2ClH/c1-12-8-13(2)22(21-12)16-6-5-14(9-19-16)10-20-17(23)15-4-3-7-18-11-15;;/h5-6,8-9,15,18H,3-4,7,10-11H2,1-2H3,(H,20,23);2*1H. The lowest BCUT2D eigenvalue weighted by molar-refractivity contribution is -0.125. The van der Waals surface area contributed by atoms with E-state index in [2.05, 4.69) is 20.7 Å². The van der Waals surface area contributed by atoms with E-state index in [-0.39, 0.29) is 36.6 Å². The van der Waals surface area contributed by atoms with Crippen molar-refractivity contribution in [1.82, 2.24) is 25.4 Å². The molecule has 8 heteroatoms. The van der Waals surface area contributed by atoms with Crippen LogP contribution in [0.25, 0.3) is 5.82 Å². The van der Waals surface area contributed by atoms with Gasteiger partial charge in [-0.2, -0.15) is 5.10 Å². The maximum absolute atomic E-state index is 12.1. The predicted octanol–water partition coefficient (Wildman–Crippen LogP) is 2.34. The summed E-state index contributed by atoms with van der Waals surface area (Å²) in [4.78, 5) is 16.6. The second-order valence-corrected chi connectivity index (χ2v) is 6.12. The second-order valence-electron chi connectivity index (χ2n) is 6.12. The van der Waals surface area contributed by atoms with E-state index in [1.54, 1.807) is 6.20 Å². The molecule has 1 unspecified atom stereocenters. The SMILES string of the molecule is Cc1cc(C)n(-c2ccc(CNC(=O)C3CCCNC3)cn2)n1.Cl.Cl. The molecule has 3 heterocycles. The van der Waals surface area contributed by atoms with Crippen molar-refractivity contribution in [2.45, 2.75) is 33.2 Å². The molecule has 2 N–H and O–H groups in total. The van der Waals surface area contributed by atoms with E-state index in [9.17, 15) is 4.79 Å². The second kappa shape index (κ2) is 9.75. The van der Waals surface area contributed by atoms with Gasteiger partial charge in [0.05, 0.1) is 11.6 Å². The summed E-state index contributed by atoms with van der Waals surface area (Å²) in [5, 5.41) is 10.7. The molecule has 1 atom stereocenters. The smallest absolute Gasteiger partial charge is 0.224 e.